The first-order valence-corrected chi connectivity index (χ1v) is 12.9. The topological polar surface area (TPSA) is 131 Å². The number of nitriles is 1. The number of allylic oxidation sites excluding steroid dienone is 1. The Labute approximate surface area is 210 Å². The molecule has 1 aromatic rings. The van der Waals surface area contributed by atoms with E-state index in [0.29, 0.717) is 5.56 Å². The van der Waals surface area contributed by atoms with Crippen LogP contribution < -0.4 is 4.74 Å². The Balaban J connectivity index is 1.38. The Kier molecular flexibility index (Phi) is 6.12. The highest BCUT2D eigenvalue weighted by atomic mass is 17.3. The third kappa shape index (κ3) is 3.33. The van der Waals surface area contributed by atoms with Crippen molar-refractivity contribution >= 4 is 0 Å². The number of benzene rings is 1. The molecular formula is C27H33NO8. The fourth-order valence-corrected chi connectivity index (χ4v) is 7.26. The van der Waals surface area contributed by atoms with Crippen LogP contribution >= 0.6 is 0 Å². The molecule has 8 atom stereocenters. The summed E-state index contributed by atoms with van der Waals surface area (Å²) in [7, 11) is 1.62. The second-order valence-corrected chi connectivity index (χ2v) is 10.7. The van der Waals surface area contributed by atoms with Gasteiger partial charge in [0.2, 0.25) is 6.29 Å². The quantitative estimate of drug-likeness (QED) is 0.423. The molecule has 5 aliphatic rings. The summed E-state index contributed by atoms with van der Waals surface area (Å²) in [6.07, 6.45) is 3.50. The number of hydrogen-bond donors (Lipinski definition) is 3. The molecule has 3 fully saturated rings. The van der Waals surface area contributed by atoms with E-state index in [1.165, 1.54) is 24.8 Å². The van der Waals surface area contributed by atoms with Gasteiger partial charge in [0.05, 0.1) is 12.2 Å². The van der Waals surface area contributed by atoms with Gasteiger partial charge in [0, 0.05) is 24.5 Å². The Bertz CT molecular complexity index is 1100. The number of ether oxygens (including phenoxy) is 3. The van der Waals surface area contributed by atoms with E-state index < -0.39 is 36.0 Å². The average Bonchev–Trinajstić information content (AvgIpc) is 2.89. The van der Waals surface area contributed by atoms with Crippen molar-refractivity contribution in [2.24, 2.45) is 11.8 Å². The van der Waals surface area contributed by atoms with Crippen molar-refractivity contribution in [1.29, 1.82) is 5.26 Å². The molecule has 36 heavy (non-hydrogen) atoms. The third-order valence-corrected chi connectivity index (χ3v) is 8.99. The van der Waals surface area contributed by atoms with Gasteiger partial charge in [-0.15, -0.1) is 0 Å². The molecule has 2 aliphatic heterocycles. The fraction of sp³-hybridized carbons (Fsp3) is 0.667. The van der Waals surface area contributed by atoms with Crippen molar-refractivity contribution in [3.8, 4) is 11.8 Å². The van der Waals surface area contributed by atoms with Gasteiger partial charge in [0.15, 0.2) is 5.60 Å². The highest BCUT2D eigenvalue weighted by Crippen LogP contribution is 2.66. The summed E-state index contributed by atoms with van der Waals surface area (Å²) in [5.74, 6) is -0.550. The SMILES string of the molecule is COC1(c2ccc(C#N)c(O[C@@H]3OC[C@@H](O)[C@H](O)C3O)c2)OOC12C1CCCC2C2=C(CCCC2)C1. The normalized spacial score (nSPS) is 41.9. The molecule has 0 radical (unpaired) electrons. The van der Waals surface area contributed by atoms with E-state index in [2.05, 4.69) is 6.07 Å². The van der Waals surface area contributed by atoms with Crippen LogP contribution in [0.2, 0.25) is 0 Å². The molecule has 0 aromatic heterocycles. The molecule has 2 heterocycles. The van der Waals surface area contributed by atoms with E-state index in [1.54, 1.807) is 30.9 Å². The summed E-state index contributed by atoms with van der Waals surface area (Å²) in [5, 5.41) is 39.9. The van der Waals surface area contributed by atoms with E-state index in [-0.39, 0.29) is 29.8 Å². The average molecular weight is 500 g/mol. The van der Waals surface area contributed by atoms with Crippen molar-refractivity contribution in [3.63, 3.8) is 0 Å². The van der Waals surface area contributed by atoms with Gasteiger partial charge in [-0.25, -0.2) is 4.89 Å². The Hall–Kier alpha value is -2.03. The largest absolute Gasteiger partial charge is 0.461 e. The number of rotatable bonds is 4. The van der Waals surface area contributed by atoms with Crippen molar-refractivity contribution in [2.45, 2.75) is 87.4 Å². The van der Waals surface area contributed by atoms with Crippen molar-refractivity contribution in [3.05, 3.63) is 40.5 Å². The lowest BCUT2D eigenvalue weighted by atomic mass is 9.53. The van der Waals surface area contributed by atoms with Gasteiger partial charge in [0.25, 0.3) is 5.79 Å². The van der Waals surface area contributed by atoms with E-state index in [0.717, 1.165) is 32.1 Å². The van der Waals surface area contributed by atoms with Gasteiger partial charge < -0.3 is 29.5 Å². The lowest BCUT2D eigenvalue weighted by molar-refractivity contribution is -0.639. The lowest BCUT2D eigenvalue weighted by Gasteiger charge is -2.65. The maximum absolute atomic E-state index is 10.4. The molecule has 2 bridgehead atoms. The summed E-state index contributed by atoms with van der Waals surface area (Å²) >= 11 is 0. The number of methoxy groups -OCH3 is 1. The summed E-state index contributed by atoms with van der Waals surface area (Å²) in [6, 6.07) is 7.22. The zero-order valence-electron chi connectivity index (χ0n) is 20.4. The van der Waals surface area contributed by atoms with E-state index >= 15 is 0 Å². The highest BCUT2D eigenvalue weighted by molar-refractivity contribution is 5.48. The molecular weight excluding hydrogens is 466 g/mol. The van der Waals surface area contributed by atoms with Crippen LogP contribution in [0, 0.1) is 23.2 Å². The smallest absolute Gasteiger partial charge is 0.261 e. The molecule has 1 saturated carbocycles. The molecule has 0 amide bonds. The maximum Gasteiger partial charge on any atom is 0.261 e. The number of nitrogens with zero attached hydrogens (tertiary/aromatic N) is 1. The Morgan fingerprint density at radius 3 is 2.64 bits per heavy atom. The van der Waals surface area contributed by atoms with Gasteiger partial charge in [-0.1, -0.05) is 23.6 Å². The summed E-state index contributed by atoms with van der Waals surface area (Å²) in [5.41, 5.74) is 3.33. The minimum absolute atomic E-state index is 0.170. The molecule has 6 rings (SSSR count). The van der Waals surface area contributed by atoms with Crippen molar-refractivity contribution in [1.82, 2.24) is 0 Å². The van der Waals surface area contributed by atoms with Crippen LogP contribution in [0.25, 0.3) is 0 Å². The monoisotopic (exact) mass is 499 g/mol. The Morgan fingerprint density at radius 2 is 1.89 bits per heavy atom. The standard InChI is InChI=1S/C27H33NO8/c1-32-27(26(35-36-27)17-6-4-8-20(26)19-7-3-2-5-15(19)11-17)18-10-9-16(13-28)22(12-18)34-25-24(31)23(30)21(29)14-33-25/h9-10,12,17,20-21,23-25,29-31H,2-8,11,14H2,1H3/t17?,20?,21-,23+,24?,25+,26?,27?/m1/s1. The zero-order valence-corrected chi connectivity index (χ0v) is 20.4. The van der Waals surface area contributed by atoms with E-state index in [9.17, 15) is 20.6 Å². The number of aliphatic hydroxyl groups is 3. The second kappa shape index (κ2) is 9.07. The fourth-order valence-electron chi connectivity index (χ4n) is 7.26. The summed E-state index contributed by atoms with van der Waals surface area (Å²) in [4.78, 5) is 12.0. The zero-order chi connectivity index (χ0) is 25.1. The van der Waals surface area contributed by atoms with Crippen LogP contribution in [0.5, 0.6) is 5.75 Å². The molecule has 5 unspecified atom stereocenters. The predicted octanol–water partition coefficient (Wildman–Crippen LogP) is 2.57. The first kappa shape index (κ1) is 24.3. The van der Waals surface area contributed by atoms with Crippen LogP contribution in [0.15, 0.2) is 29.3 Å². The molecule has 9 heteroatoms. The summed E-state index contributed by atoms with van der Waals surface area (Å²) in [6.45, 7) is -0.201. The van der Waals surface area contributed by atoms with Gasteiger partial charge >= 0.3 is 0 Å². The highest BCUT2D eigenvalue weighted by Gasteiger charge is 2.75. The van der Waals surface area contributed by atoms with Crippen molar-refractivity contribution < 1.29 is 39.3 Å². The third-order valence-electron chi connectivity index (χ3n) is 8.99. The van der Waals surface area contributed by atoms with Crippen molar-refractivity contribution in [2.75, 3.05) is 13.7 Å². The van der Waals surface area contributed by atoms with Crippen LogP contribution in [0.3, 0.4) is 0 Å². The molecule has 2 saturated heterocycles. The minimum Gasteiger partial charge on any atom is -0.461 e. The minimum atomic E-state index is -1.48. The van der Waals surface area contributed by atoms with Crippen LogP contribution in [0.1, 0.15) is 62.5 Å². The number of hydrogen-bond acceptors (Lipinski definition) is 9. The summed E-state index contributed by atoms with van der Waals surface area (Å²) < 4.78 is 17.5. The number of aliphatic hydroxyl groups excluding tert-OH is 3. The molecule has 194 valence electrons. The molecule has 3 N–H and O–H groups in total. The number of fused-ring (bicyclic) bond motifs is 1. The predicted molar refractivity (Wildman–Crippen MR) is 124 cm³/mol. The first-order chi connectivity index (χ1) is 17.4. The molecule has 3 aliphatic carbocycles. The molecule has 9 nitrogen and oxygen atoms in total. The van der Waals surface area contributed by atoms with Gasteiger partial charge in [-0.05, 0) is 57.1 Å². The molecule has 1 spiro atoms. The second-order valence-electron chi connectivity index (χ2n) is 10.7. The van der Waals surface area contributed by atoms with Crippen LogP contribution in [-0.2, 0) is 25.0 Å². The van der Waals surface area contributed by atoms with Gasteiger partial charge in [-0.3, -0.25) is 0 Å². The maximum atomic E-state index is 10.4. The van der Waals surface area contributed by atoms with Crippen LogP contribution in [-0.4, -0.2) is 59.2 Å². The first-order valence-electron chi connectivity index (χ1n) is 12.9. The Morgan fingerprint density at radius 1 is 1.06 bits per heavy atom. The van der Waals surface area contributed by atoms with E-state index in [4.69, 9.17) is 24.0 Å². The van der Waals surface area contributed by atoms with Crippen LogP contribution in [0.4, 0.5) is 0 Å². The van der Waals surface area contributed by atoms with Gasteiger partial charge in [0.1, 0.15) is 30.1 Å². The van der Waals surface area contributed by atoms with E-state index in [1.807, 2.05) is 0 Å². The molecule has 1 aromatic carbocycles. The lowest BCUT2D eigenvalue weighted by Crippen LogP contribution is -2.74. The van der Waals surface area contributed by atoms with Gasteiger partial charge in [-0.2, -0.15) is 10.1 Å².